The first kappa shape index (κ1) is 13.5. The van der Waals surface area contributed by atoms with Gasteiger partial charge in [-0.3, -0.25) is 9.48 Å². The SMILES string of the molecule is CNCC(C)C(=O)Nc1cnc2c(c1)c(C)nn2C. The van der Waals surface area contributed by atoms with Gasteiger partial charge in [0.05, 0.1) is 17.6 Å². The van der Waals surface area contributed by atoms with E-state index in [1.807, 2.05) is 34.0 Å². The lowest BCUT2D eigenvalue weighted by Crippen LogP contribution is -2.28. The summed E-state index contributed by atoms with van der Waals surface area (Å²) in [5, 5.41) is 11.1. The maximum absolute atomic E-state index is 11.9. The predicted molar refractivity (Wildman–Crippen MR) is 75.0 cm³/mol. The van der Waals surface area contributed by atoms with Crippen LogP contribution in [0.4, 0.5) is 5.69 Å². The molecule has 0 fully saturated rings. The molecule has 0 aliphatic heterocycles. The van der Waals surface area contributed by atoms with Crippen LogP contribution in [0.25, 0.3) is 11.0 Å². The fourth-order valence-electron chi connectivity index (χ4n) is 2.04. The number of amides is 1. The molecule has 0 aromatic carbocycles. The summed E-state index contributed by atoms with van der Waals surface area (Å²) in [5.74, 6) is -0.104. The van der Waals surface area contributed by atoms with E-state index < -0.39 is 0 Å². The van der Waals surface area contributed by atoms with E-state index in [1.54, 1.807) is 10.9 Å². The van der Waals surface area contributed by atoms with Gasteiger partial charge in [-0.25, -0.2) is 4.98 Å². The van der Waals surface area contributed by atoms with Crippen LogP contribution in [0.15, 0.2) is 12.3 Å². The van der Waals surface area contributed by atoms with Crippen molar-refractivity contribution in [3.63, 3.8) is 0 Å². The van der Waals surface area contributed by atoms with Gasteiger partial charge in [0, 0.05) is 24.9 Å². The van der Waals surface area contributed by atoms with Gasteiger partial charge in [-0.15, -0.1) is 0 Å². The molecule has 0 bridgehead atoms. The lowest BCUT2D eigenvalue weighted by molar-refractivity contribution is -0.119. The molecule has 19 heavy (non-hydrogen) atoms. The Hall–Kier alpha value is -1.95. The van der Waals surface area contributed by atoms with E-state index in [9.17, 15) is 4.79 Å². The smallest absolute Gasteiger partial charge is 0.228 e. The minimum Gasteiger partial charge on any atom is -0.324 e. The van der Waals surface area contributed by atoms with Crippen molar-refractivity contribution in [3.05, 3.63) is 18.0 Å². The first-order valence-electron chi connectivity index (χ1n) is 6.27. The third-order valence-electron chi connectivity index (χ3n) is 3.09. The quantitative estimate of drug-likeness (QED) is 0.863. The molecule has 0 radical (unpaired) electrons. The van der Waals surface area contributed by atoms with Gasteiger partial charge in [-0.2, -0.15) is 5.10 Å². The molecule has 1 atom stereocenters. The van der Waals surface area contributed by atoms with Gasteiger partial charge < -0.3 is 10.6 Å². The molecule has 6 nitrogen and oxygen atoms in total. The number of anilines is 1. The zero-order valence-electron chi connectivity index (χ0n) is 11.7. The van der Waals surface area contributed by atoms with Gasteiger partial charge in [-0.1, -0.05) is 6.92 Å². The number of fused-ring (bicyclic) bond motifs is 1. The fourth-order valence-corrected chi connectivity index (χ4v) is 2.04. The molecule has 102 valence electrons. The van der Waals surface area contributed by atoms with Crippen molar-refractivity contribution in [3.8, 4) is 0 Å². The van der Waals surface area contributed by atoms with Crippen molar-refractivity contribution in [1.82, 2.24) is 20.1 Å². The van der Waals surface area contributed by atoms with Crippen LogP contribution in [0.5, 0.6) is 0 Å². The van der Waals surface area contributed by atoms with E-state index in [0.717, 1.165) is 16.7 Å². The molecule has 2 heterocycles. The Morgan fingerprint density at radius 1 is 1.53 bits per heavy atom. The van der Waals surface area contributed by atoms with Crippen molar-refractivity contribution in [2.75, 3.05) is 18.9 Å². The number of nitrogens with one attached hydrogen (secondary N) is 2. The fraction of sp³-hybridized carbons (Fsp3) is 0.462. The lowest BCUT2D eigenvalue weighted by Gasteiger charge is -2.11. The van der Waals surface area contributed by atoms with Gasteiger partial charge in [0.25, 0.3) is 0 Å². The number of pyridine rings is 1. The molecule has 0 spiro atoms. The molecular formula is C13H19N5O. The topological polar surface area (TPSA) is 71.8 Å². The number of rotatable bonds is 4. The van der Waals surface area contributed by atoms with Crippen molar-refractivity contribution in [2.24, 2.45) is 13.0 Å². The summed E-state index contributed by atoms with van der Waals surface area (Å²) < 4.78 is 1.74. The van der Waals surface area contributed by atoms with Gasteiger partial charge in [0.1, 0.15) is 0 Å². The standard InChI is InChI=1S/C13H19N5O/c1-8(6-14-3)13(19)16-10-5-11-9(2)17-18(4)12(11)15-7-10/h5,7-8,14H,6H2,1-4H3,(H,16,19). The number of aryl methyl sites for hydroxylation is 2. The molecular weight excluding hydrogens is 242 g/mol. The minimum atomic E-state index is -0.0873. The van der Waals surface area contributed by atoms with E-state index in [-0.39, 0.29) is 11.8 Å². The van der Waals surface area contributed by atoms with Crippen LogP contribution in [0, 0.1) is 12.8 Å². The number of hydrogen-bond donors (Lipinski definition) is 2. The summed E-state index contributed by atoms with van der Waals surface area (Å²) in [6, 6.07) is 1.91. The average molecular weight is 261 g/mol. The highest BCUT2D eigenvalue weighted by Crippen LogP contribution is 2.19. The first-order chi connectivity index (χ1) is 9.02. The maximum Gasteiger partial charge on any atom is 0.228 e. The number of carbonyl (C=O) groups excluding carboxylic acids is 1. The second-order valence-corrected chi connectivity index (χ2v) is 4.75. The molecule has 2 aromatic heterocycles. The Balaban J connectivity index is 2.22. The zero-order chi connectivity index (χ0) is 14.0. The van der Waals surface area contributed by atoms with Gasteiger partial charge in [0.2, 0.25) is 5.91 Å². The van der Waals surface area contributed by atoms with Crippen LogP contribution in [-0.4, -0.2) is 34.3 Å². The summed E-state index contributed by atoms with van der Waals surface area (Å²) in [7, 11) is 3.69. The van der Waals surface area contributed by atoms with Crippen molar-refractivity contribution in [1.29, 1.82) is 0 Å². The van der Waals surface area contributed by atoms with Crippen LogP contribution in [0.2, 0.25) is 0 Å². The molecule has 2 N–H and O–H groups in total. The average Bonchev–Trinajstić information content (AvgIpc) is 2.65. The second kappa shape index (κ2) is 5.36. The summed E-state index contributed by atoms with van der Waals surface area (Å²) in [5.41, 5.74) is 2.43. The van der Waals surface area contributed by atoms with Crippen LogP contribution in [-0.2, 0) is 11.8 Å². The van der Waals surface area contributed by atoms with Gasteiger partial charge in [0.15, 0.2) is 5.65 Å². The van der Waals surface area contributed by atoms with Crippen LogP contribution >= 0.6 is 0 Å². The number of nitrogens with zero attached hydrogens (tertiary/aromatic N) is 3. The third kappa shape index (κ3) is 2.73. The molecule has 0 saturated carbocycles. The van der Waals surface area contributed by atoms with E-state index in [4.69, 9.17) is 0 Å². The van der Waals surface area contributed by atoms with Crippen LogP contribution in [0.3, 0.4) is 0 Å². The highest BCUT2D eigenvalue weighted by Gasteiger charge is 2.13. The first-order valence-corrected chi connectivity index (χ1v) is 6.27. The molecule has 1 amide bonds. The van der Waals surface area contributed by atoms with Crippen LogP contribution in [0.1, 0.15) is 12.6 Å². The summed E-state index contributed by atoms with van der Waals surface area (Å²) >= 11 is 0. The number of hydrogen-bond acceptors (Lipinski definition) is 4. The Bertz CT molecular complexity index is 604. The van der Waals surface area contributed by atoms with Crippen molar-refractivity contribution < 1.29 is 4.79 Å². The van der Waals surface area contributed by atoms with E-state index in [2.05, 4.69) is 20.7 Å². The molecule has 6 heteroatoms. The van der Waals surface area contributed by atoms with Crippen LogP contribution < -0.4 is 10.6 Å². The summed E-state index contributed by atoms with van der Waals surface area (Å²) in [6.45, 7) is 4.46. The van der Waals surface area contributed by atoms with E-state index in [0.29, 0.717) is 12.2 Å². The molecule has 1 unspecified atom stereocenters. The normalized spacial score (nSPS) is 12.6. The monoisotopic (exact) mass is 261 g/mol. The molecule has 2 rings (SSSR count). The van der Waals surface area contributed by atoms with E-state index >= 15 is 0 Å². The molecule has 0 saturated heterocycles. The Morgan fingerprint density at radius 2 is 2.26 bits per heavy atom. The lowest BCUT2D eigenvalue weighted by atomic mass is 10.1. The molecule has 0 aliphatic rings. The molecule has 2 aromatic rings. The largest absolute Gasteiger partial charge is 0.324 e. The zero-order valence-corrected chi connectivity index (χ0v) is 11.7. The van der Waals surface area contributed by atoms with Gasteiger partial charge >= 0.3 is 0 Å². The molecule has 0 aliphatic carbocycles. The third-order valence-corrected chi connectivity index (χ3v) is 3.09. The second-order valence-electron chi connectivity index (χ2n) is 4.75. The maximum atomic E-state index is 11.9. The van der Waals surface area contributed by atoms with Crippen molar-refractivity contribution in [2.45, 2.75) is 13.8 Å². The highest BCUT2D eigenvalue weighted by atomic mass is 16.1. The summed E-state index contributed by atoms with van der Waals surface area (Å²) in [6.07, 6.45) is 1.66. The Kier molecular flexibility index (Phi) is 3.80. The predicted octanol–water partition coefficient (Wildman–Crippen LogP) is 1.07. The van der Waals surface area contributed by atoms with Gasteiger partial charge in [-0.05, 0) is 20.0 Å². The minimum absolute atomic E-state index is 0.0166. The number of carbonyl (C=O) groups is 1. The van der Waals surface area contributed by atoms with E-state index in [1.165, 1.54) is 0 Å². The van der Waals surface area contributed by atoms with Crippen molar-refractivity contribution >= 4 is 22.6 Å². The Morgan fingerprint density at radius 3 is 2.95 bits per heavy atom. The Labute approximate surface area is 112 Å². The highest BCUT2D eigenvalue weighted by molar-refractivity contribution is 5.94. The number of aromatic nitrogens is 3. The summed E-state index contributed by atoms with van der Waals surface area (Å²) in [4.78, 5) is 16.3.